The van der Waals surface area contributed by atoms with Crippen molar-refractivity contribution in [2.45, 2.75) is 6.10 Å². The van der Waals surface area contributed by atoms with E-state index in [4.69, 9.17) is 16.8 Å². The zero-order chi connectivity index (χ0) is 10.8. The molecule has 0 radical (unpaired) electrons. The lowest BCUT2D eigenvalue weighted by Gasteiger charge is -2.36. The molecular weight excluding hydrogens is 198 g/mol. The summed E-state index contributed by atoms with van der Waals surface area (Å²) >= 11 is 0. The van der Waals surface area contributed by atoms with E-state index in [0.717, 1.165) is 0 Å². The molecule has 1 aromatic rings. The van der Waals surface area contributed by atoms with E-state index in [2.05, 4.69) is 20.8 Å². The Balaban J connectivity index is 2.22. The van der Waals surface area contributed by atoms with Crippen LogP contribution in [0.3, 0.4) is 0 Å². The van der Waals surface area contributed by atoms with Crippen LogP contribution in [0, 0.1) is 0 Å². The molecule has 2 rings (SSSR count). The monoisotopic (exact) mass is 211 g/mol. The van der Waals surface area contributed by atoms with Gasteiger partial charge in [-0.3, -0.25) is 5.43 Å². The quantitative estimate of drug-likeness (QED) is 0.294. The minimum Gasteiger partial charge on any atom is -0.389 e. The summed E-state index contributed by atoms with van der Waals surface area (Å²) in [5.41, 5.74) is 4.77. The van der Waals surface area contributed by atoms with Gasteiger partial charge < -0.3 is 15.4 Å². The highest BCUT2D eigenvalue weighted by Crippen LogP contribution is 2.21. The van der Waals surface area contributed by atoms with Gasteiger partial charge in [-0.1, -0.05) is 0 Å². The number of aromatic nitrogens is 2. The second kappa shape index (κ2) is 3.85. The number of nitrogens with one attached hydrogen (secondary N) is 2. The molecule has 0 aromatic carbocycles. The maximum absolute atomic E-state index is 9.17. The van der Waals surface area contributed by atoms with Gasteiger partial charge >= 0.3 is 0 Å². The Morgan fingerprint density at radius 1 is 1.33 bits per heavy atom. The molecule has 0 unspecified atom stereocenters. The van der Waals surface area contributed by atoms with E-state index >= 15 is 0 Å². The second-order valence-electron chi connectivity index (χ2n) is 3.28. The van der Waals surface area contributed by atoms with Crippen molar-refractivity contribution < 1.29 is 5.11 Å². The number of nitrogen functional groups attached to an aromatic ring is 2. The second-order valence-corrected chi connectivity index (χ2v) is 3.28. The van der Waals surface area contributed by atoms with Gasteiger partial charge in [-0.05, 0) is 0 Å². The third-order valence-electron chi connectivity index (χ3n) is 2.18. The molecule has 0 amide bonds. The summed E-state index contributed by atoms with van der Waals surface area (Å²) in [4.78, 5) is 9.98. The Bertz CT molecular complexity index is 329. The third-order valence-corrected chi connectivity index (χ3v) is 2.18. The van der Waals surface area contributed by atoms with Crippen LogP contribution in [0.25, 0.3) is 0 Å². The molecule has 1 saturated heterocycles. The van der Waals surface area contributed by atoms with Gasteiger partial charge in [0.15, 0.2) is 0 Å². The van der Waals surface area contributed by atoms with Gasteiger partial charge in [-0.2, -0.15) is 9.97 Å². The number of β-amino-alcohol motifs (C(OH)–C–C–N with tert-alkyl or cyclic N) is 1. The number of aliphatic hydroxyl groups is 1. The van der Waals surface area contributed by atoms with Crippen molar-refractivity contribution in [1.29, 1.82) is 0 Å². The summed E-state index contributed by atoms with van der Waals surface area (Å²) in [6, 6.07) is 1.69. The molecule has 0 bridgehead atoms. The number of hydrogen-bond acceptors (Lipinski definition) is 8. The Morgan fingerprint density at radius 3 is 2.60 bits per heavy atom. The first kappa shape index (κ1) is 9.90. The summed E-state index contributed by atoms with van der Waals surface area (Å²) in [5.74, 6) is 11.9. The Morgan fingerprint density at radius 2 is 2.07 bits per heavy atom. The van der Waals surface area contributed by atoms with Crippen LogP contribution >= 0.6 is 0 Å². The molecule has 7 N–H and O–H groups in total. The van der Waals surface area contributed by atoms with Crippen molar-refractivity contribution in [3.05, 3.63) is 6.07 Å². The fourth-order valence-electron chi connectivity index (χ4n) is 1.38. The Hall–Kier alpha value is -1.64. The number of hydrazine groups is 2. The molecule has 2 heterocycles. The molecule has 82 valence electrons. The van der Waals surface area contributed by atoms with Gasteiger partial charge in [0.1, 0.15) is 11.6 Å². The number of aliphatic hydroxyl groups excluding tert-OH is 1. The average molecular weight is 211 g/mol. The van der Waals surface area contributed by atoms with Crippen LogP contribution in [0.2, 0.25) is 0 Å². The molecule has 0 saturated carbocycles. The van der Waals surface area contributed by atoms with Crippen LogP contribution < -0.4 is 27.4 Å². The molecule has 1 fully saturated rings. The number of nitrogens with two attached hydrogens (primary N) is 2. The van der Waals surface area contributed by atoms with Crippen molar-refractivity contribution in [3.8, 4) is 0 Å². The normalized spacial score (nSPS) is 16.1. The van der Waals surface area contributed by atoms with E-state index in [1.165, 1.54) is 0 Å². The zero-order valence-corrected chi connectivity index (χ0v) is 8.01. The summed E-state index contributed by atoms with van der Waals surface area (Å²) in [7, 11) is 0. The average Bonchev–Trinajstić information content (AvgIpc) is 2.24. The molecule has 1 aliphatic rings. The Kier molecular flexibility index (Phi) is 2.54. The van der Waals surface area contributed by atoms with Gasteiger partial charge in [0.25, 0.3) is 0 Å². The first-order chi connectivity index (χ1) is 7.22. The predicted molar refractivity (Wildman–Crippen MR) is 55.9 cm³/mol. The maximum Gasteiger partial charge on any atom is 0.241 e. The number of nitrogens with zero attached hydrogens (tertiary/aromatic N) is 3. The van der Waals surface area contributed by atoms with E-state index < -0.39 is 0 Å². The fourth-order valence-corrected chi connectivity index (χ4v) is 1.38. The molecule has 0 atom stereocenters. The van der Waals surface area contributed by atoms with Crippen LogP contribution in [-0.2, 0) is 0 Å². The van der Waals surface area contributed by atoms with E-state index in [1.807, 2.05) is 4.90 Å². The van der Waals surface area contributed by atoms with Crippen LogP contribution in [0.1, 0.15) is 0 Å². The standard InChI is InChI=1S/C7H13N7O/c8-12-5-1-6(11-7(10-5)13-9)14-2-4(15)3-14/h1,4,15H,2-3,8-9H2,(H2,10,11,12,13). The lowest BCUT2D eigenvalue weighted by molar-refractivity contribution is 0.141. The molecule has 8 heteroatoms. The van der Waals surface area contributed by atoms with Crippen molar-refractivity contribution in [2.75, 3.05) is 28.8 Å². The topological polar surface area (TPSA) is 125 Å². The van der Waals surface area contributed by atoms with Crippen molar-refractivity contribution in [3.63, 3.8) is 0 Å². The fraction of sp³-hybridized carbons (Fsp3) is 0.429. The molecule has 8 nitrogen and oxygen atoms in total. The smallest absolute Gasteiger partial charge is 0.241 e. The number of rotatable bonds is 3. The first-order valence-electron chi connectivity index (χ1n) is 4.48. The molecule has 0 spiro atoms. The summed E-state index contributed by atoms with van der Waals surface area (Å²) < 4.78 is 0. The predicted octanol–water partition coefficient (Wildman–Crippen LogP) is -1.77. The summed E-state index contributed by atoms with van der Waals surface area (Å²) in [5, 5.41) is 9.17. The van der Waals surface area contributed by atoms with Crippen LogP contribution in [0.15, 0.2) is 6.07 Å². The van der Waals surface area contributed by atoms with Gasteiger partial charge in [-0.25, -0.2) is 11.7 Å². The molecule has 1 aliphatic heterocycles. The number of anilines is 3. The molecule has 0 aliphatic carbocycles. The van der Waals surface area contributed by atoms with Crippen molar-refractivity contribution in [1.82, 2.24) is 9.97 Å². The van der Waals surface area contributed by atoms with E-state index in [0.29, 0.717) is 24.7 Å². The molecule has 1 aromatic heterocycles. The summed E-state index contributed by atoms with van der Waals surface area (Å²) in [6.45, 7) is 1.12. The lowest BCUT2D eigenvalue weighted by atomic mass is 10.2. The minimum atomic E-state index is -0.288. The Labute approximate surface area is 86.2 Å². The summed E-state index contributed by atoms with van der Waals surface area (Å²) in [6.07, 6.45) is -0.288. The zero-order valence-electron chi connectivity index (χ0n) is 8.01. The van der Waals surface area contributed by atoms with Gasteiger partial charge in [-0.15, -0.1) is 0 Å². The maximum atomic E-state index is 9.17. The van der Waals surface area contributed by atoms with Gasteiger partial charge in [0.05, 0.1) is 6.10 Å². The highest BCUT2D eigenvalue weighted by Gasteiger charge is 2.26. The largest absolute Gasteiger partial charge is 0.389 e. The van der Waals surface area contributed by atoms with E-state index in [1.54, 1.807) is 6.07 Å². The first-order valence-corrected chi connectivity index (χ1v) is 4.48. The highest BCUT2D eigenvalue weighted by molar-refractivity contribution is 5.54. The SMILES string of the molecule is NNc1cc(N2CC(O)C2)nc(NN)n1. The van der Waals surface area contributed by atoms with E-state index in [-0.39, 0.29) is 12.1 Å². The van der Waals surface area contributed by atoms with Gasteiger partial charge in [0, 0.05) is 19.2 Å². The van der Waals surface area contributed by atoms with Gasteiger partial charge in [0.2, 0.25) is 5.95 Å². The van der Waals surface area contributed by atoms with Crippen LogP contribution in [-0.4, -0.2) is 34.3 Å². The van der Waals surface area contributed by atoms with E-state index in [9.17, 15) is 0 Å². The number of hydrogen-bond donors (Lipinski definition) is 5. The van der Waals surface area contributed by atoms with Crippen LogP contribution in [0.5, 0.6) is 0 Å². The lowest BCUT2D eigenvalue weighted by Crippen LogP contribution is -2.51. The molecular formula is C7H13N7O. The molecule has 15 heavy (non-hydrogen) atoms. The van der Waals surface area contributed by atoms with Crippen LogP contribution in [0.4, 0.5) is 17.6 Å². The highest BCUT2D eigenvalue weighted by atomic mass is 16.3. The minimum absolute atomic E-state index is 0.279. The third kappa shape index (κ3) is 1.91. The van der Waals surface area contributed by atoms with Crippen molar-refractivity contribution >= 4 is 17.6 Å². The van der Waals surface area contributed by atoms with Crippen molar-refractivity contribution in [2.24, 2.45) is 11.7 Å².